The molecule has 7 heteroatoms. The van der Waals surface area contributed by atoms with Crippen molar-refractivity contribution in [2.75, 3.05) is 19.6 Å². The van der Waals surface area contributed by atoms with Gasteiger partial charge in [-0.25, -0.2) is 8.42 Å². The molecule has 3 rings (SSSR count). The van der Waals surface area contributed by atoms with Crippen LogP contribution in [0.1, 0.15) is 35.7 Å². The van der Waals surface area contributed by atoms with Crippen molar-refractivity contribution in [3.63, 3.8) is 0 Å². The molecule has 1 fully saturated rings. The summed E-state index contributed by atoms with van der Waals surface area (Å²) in [5.41, 5.74) is 1.86. The molecule has 1 aliphatic heterocycles. The van der Waals surface area contributed by atoms with E-state index >= 15 is 0 Å². The second-order valence-corrected chi connectivity index (χ2v) is 8.73. The number of hydrogen-bond donors (Lipinski definition) is 1. The summed E-state index contributed by atoms with van der Waals surface area (Å²) in [6, 6.07) is 10.8. The normalized spacial score (nSPS) is 16.2. The molecule has 0 radical (unpaired) electrons. The third kappa shape index (κ3) is 4.73. The van der Waals surface area contributed by atoms with E-state index in [1.54, 1.807) is 18.3 Å². The first-order valence-electron chi connectivity index (χ1n) is 9.28. The van der Waals surface area contributed by atoms with E-state index in [2.05, 4.69) is 17.2 Å². The average Bonchev–Trinajstić information content (AvgIpc) is 2.73. The third-order valence-electron chi connectivity index (χ3n) is 5.02. The summed E-state index contributed by atoms with van der Waals surface area (Å²) in [4.78, 5) is 16.4. The largest absolute Gasteiger partial charge is 0.352 e. The summed E-state index contributed by atoms with van der Waals surface area (Å²) >= 11 is 0. The number of rotatable bonds is 6. The molecule has 6 nitrogen and oxygen atoms in total. The number of carbonyl (C=O) groups is 1. The molecule has 1 aliphatic rings. The lowest BCUT2D eigenvalue weighted by atomic mass is 9.98. The first-order valence-corrected chi connectivity index (χ1v) is 10.7. The van der Waals surface area contributed by atoms with E-state index in [-0.39, 0.29) is 16.7 Å². The summed E-state index contributed by atoms with van der Waals surface area (Å²) in [6.07, 6.45) is 5.35. The van der Waals surface area contributed by atoms with Gasteiger partial charge in [0.25, 0.3) is 5.91 Å². The van der Waals surface area contributed by atoms with Crippen molar-refractivity contribution in [1.82, 2.24) is 14.6 Å². The number of sulfonamides is 1. The van der Waals surface area contributed by atoms with Crippen molar-refractivity contribution >= 4 is 15.9 Å². The summed E-state index contributed by atoms with van der Waals surface area (Å²) in [6.45, 7) is 3.57. The van der Waals surface area contributed by atoms with E-state index in [4.69, 9.17) is 0 Å². The van der Waals surface area contributed by atoms with Crippen LogP contribution in [0.5, 0.6) is 0 Å². The molecule has 0 bridgehead atoms. The van der Waals surface area contributed by atoms with E-state index in [1.165, 1.54) is 16.1 Å². The average molecular weight is 388 g/mol. The Kier molecular flexibility index (Phi) is 6.23. The van der Waals surface area contributed by atoms with E-state index in [1.807, 2.05) is 24.3 Å². The maximum atomic E-state index is 12.6. The number of aromatic nitrogens is 1. The molecule has 0 saturated carbocycles. The van der Waals surface area contributed by atoms with Crippen LogP contribution in [-0.4, -0.2) is 43.2 Å². The van der Waals surface area contributed by atoms with Crippen LogP contribution in [0.2, 0.25) is 0 Å². The Balaban J connectivity index is 1.50. The smallest absolute Gasteiger partial charge is 0.251 e. The second kappa shape index (κ2) is 8.63. The van der Waals surface area contributed by atoms with Gasteiger partial charge in [-0.15, -0.1) is 0 Å². The maximum Gasteiger partial charge on any atom is 0.251 e. The Bertz CT molecular complexity index is 859. The number of aryl methyl sites for hydroxylation is 1. The standard InChI is InChI=1S/C20H25N3O3S/c1-2-16-5-7-18(8-6-16)20(24)22-14-17-9-12-23(13-10-17)27(25,26)19-4-3-11-21-15-19/h3-8,11,15,17H,2,9-10,12-14H2,1H3,(H,22,24). The molecule has 144 valence electrons. The van der Waals surface area contributed by atoms with Crippen LogP contribution in [0.25, 0.3) is 0 Å². The summed E-state index contributed by atoms with van der Waals surface area (Å²) in [7, 11) is -3.48. The fourth-order valence-electron chi connectivity index (χ4n) is 3.23. The summed E-state index contributed by atoms with van der Waals surface area (Å²) in [5.74, 6) is 0.201. The lowest BCUT2D eigenvalue weighted by molar-refractivity contribution is 0.0941. The number of nitrogens with zero attached hydrogens (tertiary/aromatic N) is 2. The summed E-state index contributed by atoms with van der Waals surface area (Å²) in [5, 5.41) is 2.97. The van der Waals surface area contributed by atoms with Gasteiger partial charge in [0.05, 0.1) is 0 Å². The molecule has 2 aromatic rings. The molecule has 1 aromatic heterocycles. The maximum absolute atomic E-state index is 12.6. The van der Waals surface area contributed by atoms with Crippen LogP contribution in [-0.2, 0) is 16.4 Å². The Morgan fingerprint density at radius 1 is 1.19 bits per heavy atom. The van der Waals surface area contributed by atoms with Crippen LogP contribution in [0, 0.1) is 5.92 Å². The lowest BCUT2D eigenvalue weighted by Crippen LogP contribution is -2.41. The highest BCUT2D eigenvalue weighted by Gasteiger charge is 2.29. The molecule has 2 heterocycles. The molecule has 0 aliphatic carbocycles. The van der Waals surface area contributed by atoms with Gasteiger partial charge in [-0.2, -0.15) is 4.31 Å². The molecule has 27 heavy (non-hydrogen) atoms. The van der Waals surface area contributed by atoms with E-state index in [0.29, 0.717) is 25.2 Å². The van der Waals surface area contributed by atoms with Crippen LogP contribution in [0.3, 0.4) is 0 Å². The monoisotopic (exact) mass is 387 g/mol. The Hall–Kier alpha value is -2.25. The fraction of sp³-hybridized carbons (Fsp3) is 0.400. The van der Waals surface area contributed by atoms with Crippen molar-refractivity contribution in [3.05, 3.63) is 59.9 Å². The minimum atomic E-state index is -3.48. The summed E-state index contributed by atoms with van der Waals surface area (Å²) < 4.78 is 26.7. The first kappa shape index (κ1) is 19.5. The van der Waals surface area contributed by atoms with Gasteiger partial charge in [-0.3, -0.25) is 9.78 Å². The second-order valence-electron chi connectivity index (χ2n) is 6.80. The van der Waals surface area contributed by atoms with Gasteiger partial charge in [0, 0.05) is 37.6 Å². The number of amides is 1. The fourth-order valence-corrected chi connectivity index (χ4v) is 4.67. The number of benzene rings is 1. The van der Waals surface area contributed by atoms with Gasteiger partial charge in [-0.1, -0.05) is 19.1 Å². The van der Waals surface area contributed by atoms with E-state index < -0.39 is 10.0 Å². The Morgan fingerprint density at radius 3 is 2.48 bits per heavy atom. The molecule has 1 saturated heterocycles. The molecular weight excluding hydrogens is 362 g/mol. The van der Waals surface area contributed by atoms with Crippen molar-refractivity contribution in [2.24, 2.45) is 5.92 Å². The number of carbonyl (C=O) groups excluding carboxylic acids is 1. The predicted octanol–water partition coefficient (Wildman–Crippen LogP) is 2.47. The van der Waals surface area contributed by atoms with Gasteiger partial charge >= 0.3 is 0 Å². The lowest BCUT2D eigenvalue weighted by Gasteiger charge is -2.31. The highest BCUT2D eigenvalue weighted by Crippen LogP contribution is 2.23. The third-order valence-corrected chi connectivity index (χ3v) is 6.90. The topological polar surface area (TPSA) is 79.4 Å². The molecule has 1 aromatic carbocycles. The van der Waals surface area contributed by atoms with Crippen LogP contribution >= 0.6 is 0 Å². The number of nitrogens with one attached hydrogen (secondary N) is 1. The van der Waals surface area contributed by atoms with Crippen molar-refractivity contribution < 1.29 is 13.2 Å². The minimum Gasteiger partial charge on any atom is -0.352 e. The molecular formula is C20H25N3O3S. The quantitative estimate of drug-likeness (QED) is 0.826. The first-order chi connectivity index (χ1) is 13.0. The molecule has 0 unspecified atom stereocenters. The molecule has 0 atom stereocenters. The van der Waals surface area contributed by atoms with Gasteiger partial charge < -0.3 is 5.32 Å². The number of piperidine rings is 1. The molecule has 1 N–H and O–H groups in total. The molecule has 1 amide bonds. The van der Waals surface area contributed by atoms with Gasteiger partial charge in [0.1, 0.15) is 4.90 Å². The number of hydrogen-bond acceptors (Lipinski definition) is 4. The van der Waals surface area contributed by atoms with Gasteiger partial charge in [0.2, 0.25) is 10.0 Å². The van der Waals surface area contributed by atoms with Crippen molar-refractivity contribution in [3.8, 4) is 0 Å². The zero-order valence-corrected chi connectivity index (χ0v) is 16.3. The Labute approximate surface area is 160 Å². The van der Waals surface area contributed by atoms with E-state index in [9.17, 15) is 13.2 Å². The SMILES string of the molecule is CCc1ccc(C(=O)NCC2CCN(S(=O)(=O)c3cccnc3)CC2)cc1. The van der Waals surface area contributed by atoms with Gasteiger partial charge in [-0.05, 0) is 55.0 Å². The zero-order chi connectivity index (χ0) is 19.3. The van der Waals surface area contributed by atoms with Crippen molar-refractivity contribution in [2.45, 2.75) is 31.1 Å². The Morgan fingerprint density at radius 2 is 1.89 bits per heavy atom. The highest BCUT2D eigenvalue weighted by atomic mass is 32.2. The zero-order valence-electron chi connectivity index (χ0n) is 15.5. The minimum absolute atomic E-state index is 0.0805. The number of pyridine rings is 1. The van der Waals surface area contributed by atoms with Crippen molar-refractivity contribution in [1.29, 1.82) is 0 Å². The predicted molar refractivity (Wildman–Crippen MR) is 104 cm³/mol. The molecule has 0 spiro atoms. The highest BCUT2D eigenvalue weighted by molar-refractivity contribution is 7.89. The van der Waals surface area contributed by atoms with Crippen LogP contribution in [0.4, 0.5) is 0 Å². The van der Waals surface area contributed by atoms with Crippen LogP contribution in [0.15, 0.2) is 53.7 Å². The van der Waals surface area contributed by atoms with E-state index in [0.717, 1.165) is 19.3 Å². The van der Waals surface area contributed by atoms with Crippen LogP contribution < -0.4 is 5.32 Å². The van der Waals surface area contributed by atoms with Gasteiger partial charge in [0.15, 0.2) is 0 Å².